The van der Waals surface area contributed by atoms with Crippen molar-refractivity contribution in [3.63, 3.8) is 0 Å². The maximum absolute atomic E-state index is 11.2. The molecule has 0 heterocycles. The lowest BCUT2D eigenvalue weighted by Gasteiger charge is -2.19. The summed E-state index contributed by atoms with van der Waals surface area (Å²) < 4.78 is 0. The van der Waals surface area contributed by atoms with E-state index in [4.69, 9.17) is 0 Å². The number of hydrogen-bond acceptors (Lipinski definition) is 4. The van der Waals surface area contributed by atoms with E-state index in [9.17, 15) is 30.0 Å². The van der Waals surface area contributed by atoms with Crippen molar-refractivity contribution in [2.24, 2.45) is 10.8 Å². The Morgan fingerprint density at radius 1 is 0.706 bits per heavy atom. The van der Waals surface area contributed by atoms with Crippen LogP contribution >= 0.6 is 0 Å². The van der Waals surface area contributed by atoms with Crippen LogP contribution in [0.1, 0.15) is 79.1 Å². The average molecular weight is 473 g/mol. The second-order valence-electron chi connectivity index (χ2n) is 10.7. The molecule has 2 rings (SSSR count). The minimum Gasteiger partial charge on any atom is -0.481 e. The van der Waals surface area contributed by atoms with Gasteiger partial charge in [0, 0.05) is 0 Å². The SMILES string of the molecule is CC(C)(CCCCC1=CC=C(/C=C/C2=CC=C(CCCCC(C)(C)C(=O)O)C2O)C1O)C(=O)O. The molecule has 2 aliphatic rings. The first-order valence-electron chi connectivity index (χ1n) is 12.2. The van der Waals surface area contributed by atoms with Crippen LogP contribution in [0.5, 0.6) is 0 Å². The van der Waals surface area contributed by atoms with Gasteiger partial charge in [0.1, 0.15) is 12.2 Å². The van der Waals surface area contributed by atoms with Gasteiger partial charge in [0.15, 0.2) is 0 Å². The summed E-state index contributed by atoms with van der Waals surface area (Å²) >= 11 is 0. The zero-order valence-electron chi connectivity index (χ0n) is 20.9. The van der Waals surface area contributed by atoms with Crippen LogP contribution in [0, 0.1) is 10.8 Å². The highest BCUT2D eigenvalue weighted by atomic mass is 16.4. The van der Waals surface area contributed by atoms with Crippen LogP contribution in [0.4, 0.5) is 0 Å². The first-order valence-corrected chi connectivity index (χ1v) is 12.2. The Morgan fingerprint density at radius 3 is 1.38 bits per heavy atom. The monoisotopic (exact) mass is 472 g/mol. The van der Waals surface area contributed by atoms with Crippen molar-refractivity contribution in [3.8, 4) is 0 Å². The standard InChI is InChI=1S/C28H40O6/c1-27(2,25(31)32)17-7-5-9-19-11-13-21(23(19)29)15-16-22-14-12-20(24(22)30)10-6-8-18-28(3,4)26(33)34/h11-16,23-24,29-30H,5-10,17-18H2,1-4H3,(H,31,32)(H,33,34)/b16-15+. The van der Waals surface area contributed by atoms with Crippen LogP contribution in [0.2, 0.25) is 0 Å². The van der Waals surface area contributed by atoms with Crippen molar-refractivity contribution in [3.05, 3.63) is 58.7 Å². The lowest BCUT2D eigenvalue weighted by atomic mass is 9.86. The molecule has 188 valence electrons. The fourth-order valence-corrected chi connectivity index (χ4v) is 4.13. The minimum atomic E-state index is -0.787. The first kappa shape index (κ1) is 27.8. The van der Waals surface area contributed by atoms with Gasteiger partial charge in [-0.15, -0.1) is 0 Å². The Balaban J connectivity index is 1.73. The molecule has 0 aliphatic heterocycles. The molecular formula is C28H40O6. The number of rotatable bonds is 14. The predicted octanol–water partition coefficient (Wildman–Crippen LogP) is 5.34. The van der Waals surface area contributed by atoms with E-state index < -0.39 is 35.0 Å². The summed E-state index contributed by atoms with van der Waals surface area (Å²) in [5, 5.41) is 39.6. The summed E-state index contributed by atoms with van der Waals surface area (Å²) in [5.74, 6) is -1.57. The third-order valence-corrected chi connectivity index (χ3v) is 6.97. The molecule has 0 saturated carbocycles. The number of unbranched alkanes of at least 4 members (excludes halogenated alkanes) is 2. The quantitative estimate of drug-likeness (QED) is 0.254. The van der Waals surface area contributed by atoms with E-state index in [1.54, 1.807) is 27.7 Å². The van der Waals surface area contributed by atoms with Crippen LogP contribution in [0.25, 0.3) is 0 Å². The highest BCUT2D eigenvalue weighted by molar-refractivity contribution is 5.73. The second-order valence-corrected chi connectivity index (χ2v) is 10.7. The number of carbonyl (C=O) groups is 2. The second kappa shape index (κ2) is 11.8. The van der Waals surface area contributed by atoms with Crippen molar-refractivity contribution in [2.75, 3.05) is 0 Å². The van der Waals surface area contributed by atoms with Crippen LogP contribution in [-0.4, -0.2) is 44.6 Å². The van der Waals surface area contributed by atoms with E-state index in [1.807, 2.05) is 36.5 Å². The highest BCUT2D eigenvalue weighted by Crippen LogP contribution is 2.31. The van der Waals surface area contributed by atoms with Gasteiger partial charge in [0.05, 0.1) is 10.8 Å². The van der Waals surface area contributed by atoms with E-state index in [0.29, 0.717) is 12.8 Å². The Labute approximate surface area is 203 Å². The van der Waals surface area contributed by atoms with E-state index >= 15 is 0 Å². The maximum atomic E-state index is 11.2. The van der Waals surface area contributed by atoms with Gasteiger partial charge in [-0.05, 0) is 88.5 Å². The van der Waals surface area contributed by atoms with Crippen molar-refractivity contribution >= 4 is 11.9 Å². The summed E-state index contributed by atoms with van der Waals surface area (Å²) in [6.45, 7) is 6.93. The van der Waals surface area contributed by atoms with Gasteiger partial charge in [-0.2, -0.15) is 0 Å². The summed E-state index contributed by atoms with van der Waals surface area (Å²) in [5.41, 5.74) is 1.95. The fourth-order valence-electron chi connectivity index (χ4n) is 4.13. The molecule has 0 amide bonds. The van der Waals surface area contributed by atoms with Crippen molar-refractivity contribution < 1.29 is 30.0 Å². The number of carboxylic acid groups (broad SMARTS) is 2. The Morgan fingerprint density at radius 2 is 1.06 bits per heavy atom. The molecule has 0 aromatic heterocycles. The number of aliphatic carboxylic acids is 2. The predicted molar refractivity (Wildman–Crippen MR) is 133 cm³/mol. The Hall–Kier alpha value is -2.44. The van der Waals surface area contributed by atoms with Gasteiger partial charge in [-0.25, -0.2) is 0 Å². The summed E-state index contributed by atoms with van der Waals surface area (Å²) in [7, 11) is 0. The normalized spacial score (nSPS) is 20.9. The molecule has 0 aromatic carbocycles. The molecular weight excluding hydrogens is 432 g/mol. The molecule has 0 radical (unpaired) electrons. The van der Waals surface area contributed by atoms with Gasteiger partial charge in [0.25, 0.3) is 0 Å². The van der Waals surface area contributed by atoms with E-state index in [1.165, 1.54) is 0 Å². The molecule has 0 bridgehead atoms. The van der Waals surface area contributed by atoms with Crippen molar-refractivity contribution in [2.45, 2.75) is 91.3 Å². The smallest absolute Gasteiger partial charge is 0.309 e. The number of hydrogen-bond donors (Lipinski definition) is 4. The summed E-state index contributed by atoms with van der Waals surface area (Å²) in [6, 6.07) is 0. The number of aliphatic hydroxyl groups excluding tert-OH is 2. The van der Waals surface area contributed by atoms with Gasteiger partial charge in [-0.3, -0.25) is 9.59 Å². The Bertz CT molecular complexity index is 839. The average Bonchev–Trinajstić information content (AvgIpc) is 3.29. The molecule has 4 N–H and O–H groups in total. The molecule has 2 unspecified atom stereocenters. The highest BCUT2D eigenvalue weighted by Gasteiger charge is 2.27. The van der Waals surface area contributed by atoms with E-state index in [0.717, 1.165) is 60.8 Å². The molecule has 0 spiro atoms. The summed E-state index contributed by atoms with van der Waals surface area (Å²) in [6.07, 6.45) is 15.8. The molecule has 2 atom stereocenters. The third kappa shape index (κ3) is 7.54. The van der Waals surface area contributed by atoms with Gasteiger partial charge in [0.2, 0.25) is 0 Å². The lowest BCUT2D eigenvalue weighted by Crippen LogP contribution is -2.23. The zero-order chi connectivity index (χ0) is 25.5. The van der Waals surface area contributed by atoms with Crippen molar-refractivity contribution in [1.29, 1.82) is 0 Å². The number of allylic oxidation sites excluding steroid dienone is 4. The molecule has 0 fully saturated rings. The van der Waals surface area contributed by atoms with E-state index in [2.05, 4.69) is 0 Å². The lowest BCUT2D eigenvalue weighted by molar-refractivity contribution is -0.148. The number of carboxylic acids is 2. The van der Waals surface area contributed by atoms with Crippen LogP contribution in [-0.2, 0) is 9.59 Å². The minimum absolute atomic E-state index is 0.602. The molecule has 34 heavy (non-hydrogen) atoms. The zero-order valence-corrected chi connectivity index (χ0v) is 20.9. The van der Waals surface area contributed by atoms with E-state index in [-0.39, 0.29) is 0 Å². The molecule has 0 saturated heterocycles. The summed E-state index contributed by atoms with van der Waals surface area (Å²) in [4.78, 5) is 22.4. The van der Waals surface area contributed by atoms with Gasteiger partial charge in [-0.1, -0.05) is 49.3 Å². The fraction of sp³-hybridized carbons (Fsp3) is 0.571. The van der Waals surface area contributed by atoms with Gasteiger partial charge >= 0.3 is 11.9 Å². The van der Waals surface area contributed by atoms with Crippen LogP contribution in [0.3, 0.4) is 0 Å². The molecule has 6 nitrogen and oxygen atoms in total. The molecule has 0 aromatic rings. The molecule has 2 aliphatic carbocycles. The maximum Gasteiger partial charge on any atom is 0.309 e. The van der Waals surface area contributed by atoms with Crippen molar-refractivity contribution in [1.82, 2.24) is 0 Å². The van der Waals surface area contributed by atoms with Gasteiger partial charge < -0.3 is 20.4 Å². The van der Waals surface area contributed by atoms with Crippen LogP contribution < -0.4 is 0 Å². The Kier molecular flexibility index (Phi) is 9.65. The topological polar surface area (TPSA) is 115 Å². The largest absolute Gasteiger partial charge is 0.481 e. The first-order chi connectivity index (χ1) is 15.8. The number of aliphatic hydroxyl groups is 2. The third-order valence-electron chi connectivity index (χ3n) is 6.97. The van der Waals surface area contributed by atoms with Crippen LogP contribution in [0.15, 0.2) is 58.7 Å². The molecule has 6 heteroatoms.